The first-order valence-electron chi connectivity index (χ1n) is 8.80. The number of benzene rings is 1. The number of thioether (sulfide) groups is 1. The number of nitrogens with zero attached hydrogens (tertiary/aromatic N) is 1. The van der Waals surface area contributed by atoms with Crippen molar-refractivity contribution in [1.29, 1.82) is 0 Å². The smallest absolute Gasteiger partial charge is 0.191 e. The van der Waals surface area contributed by atoms with Crippen molar-refractivity contribution in [3.05, 3.63) is 29.3 Å². The van der Waals surface area contributed by atoms with Crippen LogP contribution in [0, 0.1) is 0 Å². The van der Waals surface area contributed by atoms with E-state index in [0.29, 0.717) is 6.10 Å². The first-order chi connectivity index (χ1) is 12.3. The summed E-state index contributed by atoms with van der Waals surface area (Å²) in [6.45, 7) is 4.14. The van der Waals surface area contributed by atoms with Gasteiger partial charge < -0.3 is 20.1 Å². The molecule has 0 bridgehead atoms. The number of rotatable bonds is 9. The maximum Gasteiger partial charge on any atom is 0.191 e. The Balaban J connectivity index is 0.00000338. The van der Waals surface area contributed by atoms with E-state index in [1.54, 1.807) is 18.8 Å². The molecule has 1 aromatic rings. The molecule has 2 N–H and O–H groups in total. The molecular weight excluding hydrogens is 485 g/mol. The molecular formula is C18H29ClIN3O2S. The van der Waals surface area contributed by atoms with Gasteiger partial charge in [-0.3, -0.25) is 4.99 Å². The Bertz CT molecular complexity index is 514. The van der Waals surface area contributed by atoms with Gasteiger partial charge >= 0.3 is 0 Å². The fourth-order valence-electron chi connectivity index (χ4n) is 2.46. The van der Waals surface area contributed by atoms with E-state index in [2.05, 4.69) is 15.6 Å². The van der Waals surface area contributed by atoms with Crippen LogP contribution in [0.5, 0.6) is 0 Å². The predicted octanol–water partition coefficient (Wildman–Crippen LogP) is 3.80. The summed E-state index contributed by atoms with van der Waals surface area (Å²) in [5.41, 5.74) is 0. The molecule has 5 nitrogen and oxygen atoms in total. The molecule has 0 aromatic heterocycles. The summed E-state index contributed by atoms with van der Waals surface area (Å²) >= 11 is 7.68. The maximum atomic E-state index is 5.89. The van der Waals surface area contributed by atoms with Crippen molar-refractivity contribution in [3.63, 3.8) is 0 Å². The van der Waals surface area contributed by atoms with E-state index in [9.17, 15) is 0 Å². The second-order valence-corrected chi connectivity index (χ2v) is 7.37. The van der Waals surface area contributed by atoms with Gasteiger partial charge in [-0.25, -0.2) is 0 Å². The average Bonchev–Trinajstić information content (AvgIpc) is 2.65. The van der Waals surface area contributed by atoms with Gasteiger partial charge in [0.1, 0.15) is 0 Å². The van der Waals surface area contributed by atoms with Crippen molar-refractivity contribution in [1.82, 2.24) is 10.6 Å². The minimum atomic E-state index is 0. The van der Waals surface area contributed by atoms with Crippen molar-refractivity contribution in [3.8, 4) is 0 Å². The van der Waals surface area contributed by atoms with Crippen LogP contribution in [0.4, 0.5) is 0 Å². The maximum absolute atomic E-state index is 5.89. The first kappa shape index (κ1) is 23.8. The zero-order valence-electron chi connectivity index (χ0n) is 15.2. The number of nitrogens with one attached hydrogen (secondary N) is 2. The van der Waals surface area contributed by atoms with Crippen LogP contribution >= 0.6 is 47.3 Å². The highest BCUT2D eigenvalue weighted by molar-refractivity contribution is 14.0. The molecule has 0 spiro atoms. The molecule has 0 atom stereocenters. The van der Waals surface area contributed by atoms with Crippen LogP contribution < -0.4 is 10.6 Å². The third kappa shape index (κ3) is 10.2. The van der Waals surface area contributed by atoms with Gasteiger partial charge in [-0.05, 0) is 43.5 Å². The summed E-state index contributed by atoms with van der Waals surface area (Å²) < 4.78 is 11.2. The van der Waals surface area contributed by atoms with E-state index < -0.39 is 0 Å². The predicted molar refractivity (Wildman–Crippen MR) is 121 cm³/mol. The lowest BCUT2D eigenvalue weighted by Crippen LogP contribution is -2.39. The zero-order valence-corrected chi connectivity index (χ0v) is 19.1. The molecule has 2 rings (SSSR count). The molecule has 1 aliphatic heterocycles. The highest BCUT2D eigenvalue weighted by Gasteiger charge is 2.13. The zero-order chi connectivity index (χ0) is 17.7. The first-order valence-corrected chi connectivity index (χ1v) is 10.2. The largest absolute Gasteiger partial charge is 0.381 e. The average molecular weight is 514 g/mol. The molecule has 1 aromatic carbocycles. The third-order valence-electron chi connectivity index (χ3n) is 3.84. The van der Waals surface area contributed by atoms with Gasteiger partial charge in [-0.2, -0.15) is 0 Å². The molecule has 1 saturated heterocycles. The van der Waals surface area contributed by atoms with Crippen molar-refractivity contribution < 1.29 is 9.47 Å². The number of hydrogen-bond donors (Lipinski definition) is 2. The van der Waals surface area contributed by atoms with E-state index in [-0.39, 0.29) is 24.0 Å². The Morgan fingerprint density at radius 3 is 2.62 bits per heavy atom. The fourth-order valence-corrected chi connectivity index (χ4v) is 3.36. The van der Waals surface area contributed by atoms with Crippen LogP contribution in [0.25, 0.3) is 0 Å². The quantitative estimate of drug-likeness (QED) is 0.173. The Kier molecular flexibility index (Phi) is 13.5. The number of ether oxygens (including phenoxy) is 2. The highest BCUT2D eigenvalue weighted by atomic mass is 127. The number of hydrogen-bond acceptors (Lipinski definition) is 4. The van der Waals surface area contributed by atoms with Gasteiger partial charge in [0.05, 0.1) is 6.10 Å². The van der Waals surface area contributed by atoms with Crippen molar-refractivity contribution in [2.24, 2.45) is 4.99 Å². The Labute approximate surface area is 183 Å². The Morgan fingerprint density at radius 2 is 1.92 bits per heavy atom. The molecule has 1 aliphatic rings. The van der Waals surface area contributed by atoms with E-state index in [4.69, 9.17) is 21.1 Å². The van der Waals surface area contributed by atoms with Crippen LogP contribution in [0.1, 0.15) is 19.3 Å². The fraction of sp³-hybridized carbons (Fsp3) is 0.611. The van der Waals surface area contributed by atoms with Gasteiger partial charge in [-0.1, -0.05) is 11.6 Å². The Morgan fingerprint density at radius 1 is 1.23 bits per heavy atom. The molecule has 0 unspecified atom stereocenters. The van der Waals surface area contributed by atoms with Crippen LogP contribution in [0.2, 0.25) is 5.02 Å². The molecule has 0 aliphatic carbocycles. The van der Waals surface area contributed by atoms with Crippen molar-refractivity contribution >= 4 is 53.3 Å². The molecule has 1 fully saturated rings. The molecule has 148 valence electrons. The molecule has 0 radical (unpaired) electrons. The van der Waals surface area contributed by atoms with Gasteiger partial charge in [0.2, 0.25) is 0 Å². The van der Waals surface area contributed by atoms with Crippen molar-refractivity contribution in [2.75, 3.05) is 45.7 Å². The summed E-state index contributed by atoms with van der Waals surface area (Å²) in [4.78, 5) is 5.46. The van der Waals surface area contributed by atoms with Crippen LogP contribution in [-0.4, -0.2) is 57.8 Å². The minimum absolute atomic E-state index is 0. The van der Waals surface area contributed by atoms with E-state index in [1.165, 1.54) is 4.90 Å². The lowest BCUT2D eigenvalue weighted by molar-refractivity contribution is -0.0320. The summed E-state index contributed by atoms with van der Waals surface area (Å²) in [5, 5.41) is 7.42. The van der Waals surface area contributed by atoms with E-state index in [1.807, 2.05) is 24.3 Å². The topological polar surface area (TPSA) is 54.9 Å². The minimum Gasteiger partial charge on any atom is -0.381 e. The number of aliphatic imine (C=N–C) groups is 1. The second-order valence-electron chi connectivity index (χ2n) is 5.76. The van der Waals surface area contributed by atoms with Crippen LogP contribution in [-0.2, 0) is 9.47 Å². The summed E-state index contributed by atoms with van der Waals surface area (Å²) in [5.74, 6) is 1.80. The summed E-state index contributed by atoms with van der Waals surface area (Å²) in [6.07, 6.45) is 3.37. The Hall–Kier alpha value is -0.220. The standard InChI is InChI=1S/C18H28ClN3O2S.HI/c1-20-18(21-9-2-11-24-16-7-12-23-13-8-16)22-10-14-25-17-5-3-15(19)4-6-17;/h3-6,16H,2,7-14H2,1H3,(H2,20,21,22);1H. The molecule has 8 heteroatoms. The van der Waals surface area contributed by atoms with Gasteiger partial charge in [0.25, 0.3) is 0 Å². The van der Waals surface area contributed by atoms with Crippen LogP contribution in [0.3, 0.4) is 0 Å². The number of halogens is 2. The van der Waals surface area contributed by atoms with Gasteiger partial charge in [0.15, 0.2) is 5.96 Å². The summed E-state index contributed by atoms with van der Waals surface area (Å²) in [7, 11) is 1.79. The summed E-state index contributed by atoms with van der Waals surface area (Å²) in [6, 6.07) is 7.91. The molecule has 26 heavy (non-hydrogen) atoms. The van der Waals surface area contributed by atoms with E-state index in [0.717, 1.165) is 68.9 Å². The molecule has 0 saturated carbocycles. The second kappa shape index (κ2) is 14.8. The van der Waals surface area contributed by atoms with Gasteiger partial charge in [0, 0.05) is 55.6 Å². The van der Waals surface area contributed by atoms with Crippen molar-refractivity contribution in [2.45, 2.75) is 30.3 Å². The molecule has 1 heterocycles. The highest BCUT2D eigenvalue weighted by Crippen LogP contribution is 2.19. The van der Waals surface area contributed by atoms with E-state index >= 15 is 0 Å². The SMILES string of the molecule is CN=C(NCCCOC1CCOCC1)NCCSc1ccc(Cl)cc1.I. The van der Waals surface area contributed by atoms with Gasteiger partial charge in [-0.15, -0.1) is 35.7 Å². The normalized spacial score (nSPS) is 15.4. The lowest BCUT2D eigenvalue weighted by atomic mass is 10.1. The van der Waals surface area contributed by atoms with Crippen LogP contribution in [0.15, 0.2) is 34.2 Å². The lowest BCUT2D eigenvalue weighted by Gasteiger charge is -2.22. The number of guanidine groups is 1. The third-order valence-corrected chi connectivity index (χ3v) is 5.10. The molecule has 0 amide bonds. The monoisotopic (exact) mass is 513 g/mol.